The number of hydrogen-bond acceptors (Lipinski definition) is 7. The topological polar surface area (TPSA) is 105 Å². The van der Waals surface area contributed by atoms with Gasteiger partial charge in [-0.05, 0) is 41.7 Å². The minimum Gasteiger partial charge on any atom is -0.490 e. The van der Waals surface area contributed by atoms with Crippen LogP contribution in [-0.2, 0) is 6.54 Å². The van der Waals surface area contributed by atoms with Crippen molar-refractivity contribution in [1.82, 2.24) is 19.5 Å². The number of nitrogens with zero attached hydrogens (tertiary/aromatic N) is 5. The Labute approximate surface area is 167 Å². The highest BCUT2D eigenvalue weighted by Gasteiger charge is 2.17. The average Bonchev–Trinajstić information content (AvgIpc) is 3.09. The van der Waals surface area contributed by atoms with Crippen molar-refractivity contribution in [1.29, 1.82) is 0 Å². The van der Waals surface area contributed by atoms with Crippen molar-refractivity contribution in [2.75, 3.05) is 13.2 Å². The number of nitro groups is 1. The summed E-state index contributed by atoms with van der Waals surface area (Å²) in [6, 6.07) is 7.41. The Balaban J connectivity index is 1.70. The molecule has 0 spiro atoms. The van der Waals surface area contributed by atoms with Crippen molar-refractivity contribution in [3.63, 3.8) is 0 Å². The van der Waals surface area contributed by atoms with Gasteiger partial charge in [0.2, 0.25) is 0 Å². The van der Waals surface area contributed by atoms with Crippen molar-refractivity contribution in [3.8, 4) is 11.5 Å². The van der Waals surface area contributed by atoms with Gasteiger partial charge >= 0.3 is 5.82 Å². The Kier molecular flexibility index (Phi) is 6.51. The lowest BCUT2D eigenvalue weighted by atomic mass is 10.1. The lowest BCUT2D eigenvalue weighted by molar-refractivity contribution is -0.392. The predicted octanol–water partition coefficient (Wildman–Crippen LogP) is 3.54. The Hall–Kier alpha value is -3.75. The zero-order valence-corrected chi connectivity index (χ0v) is 16.2. The van der Waals surface area contributed by atoms with E-state index in [0.717, 1.165) is 11.3 Å². The summed E-state index contributed by atoms with van der Waals surface area (Å²) in [6.07, 6.45) is 8.23. The highest BCUT2D eigenvalue weighted by Crippen LogP contribution is 2.29. The van der Waals surface area contributed by atoms with Gasteiger partial charge in [-0.3, -0.25) is 0 Å². The lowest BCUT2D eigenvalue weighted by Crippen LogP contribution is -2.12. The van der Waals surface area contributed by atoms with Crippen LogP contribution in [0.15, 0.2) is 43.0 Å². The summed E-state index contributed by atoms with van der Waals surface area (Å²) in [4.78, 5) is 22.7. The Bertz CT molecular complexity index is 1000. The van der Waals surface area contributed by atoms with Gasteiger partial charge < -0.3 is 19.6 Å². The van der Waals surface area contributed by atoms with E-state index >= 15 is 0 Å². The Morgan fingerprint density at radius 2 is 2.03 bits per heavy atom. The smallest absolute Gasteiger partial charge is 0.342 e. The number of ether oxygens (including phenoxy) is 2. The number of imidazole rings is 1. The molecule has 1 aromatic carbocycles. The van der Waals surface area contributed by atoms with Crippen LogP contribution in [0.5, 0.6) is 11.5 Å². The van der Waals surface area contributed by atoms with Crippen LogP contribution in [0.4, 0.5) is 5.82 Å². The van der Waals surface area contributed by atoms with E-state index in [-0.39, 0.29) is 12.4 Å². The Morgan fingerprint density at radius 3 is 2.76 bits per heavy atom. The van der Waals surface area contributed by atoms with Crippen molar-refractivity contribution >= 4 is 18.0 Å². The quantitative estimate of drug-likeness (QED) is 0.403. The summed E-state index contributed by atoms with van der Waals surface area (Å²) < 4.78 is 13.0. The minimum atomic E-state index is -0.454. The molecule has 2 heterocycles. The molecule has 0 saturated carbocycles. The lowest BCUT2D eigenvalue weighted by Gasteiger charge is -2.12. The van der Waals surface area contributed by atoms with Crippen LogP contribution in [0.2, 0.25) is 0 Å². The normalized spacial score (nSPS) is 11.0. The van der Waals surface area contributed by atoms with Crippen LogP contribution < -0.4 is 9.47 Å². The first-order chi connectivity index (χ1) is 14.1. The fraction of sp³-hybridized carbons (Fsp3) is 0.250. The molecular weight excluding hydrogens is 374 g/mol. The van der Waals surface area contributed by atoms with Gasteiger partial charge in [0, 0.05) is 13.1 Å². The first-order valence-corrected chi connectivity index (χ1v) is 9.08. The van der Waals surface area contributed by atoms with E-state index in [1.165, 1.54) is 17.1 Å². The maximum absolute atomic E-state index is 11.1. The molecule has 3 aromatic rings. The van der Waals surface area contributed by atoms with Gasteiger partial charge in [0.15, 0.2) is 17.3 Å². The molecule has 0 aliphatic carbocycles. The molecule has 0 saturated heterocycles. The molecule has 0 aliphatic rings. The molecule has 0 N–H and O–H groups in total. The van der Waals surface area contributed by atoms with Gasteiger partial charge in [0.05, 0.1) is 12.3 Å². The van der Waals surface area contributed by atoms with Gasteiger partial charge in [-0.25, -0.2) is 19.5 Å². The van der Waals surface area contributed by atoms with Gasteiger partial charge in [-0.15, -0.1) is 0 Å². The molecule has 0 fully saturated rings. The number of hydrogen-bond donors (Lipinski definition) is 0. The van der Waals surface area contributed by atoms with Gasteiger partial charge in [-0.1, -0.05) is 12.1 Å². The van der Waals surface area contributed by atoms with E-state index in [2.05, 4.69) is 15.0 Å². The van der Waals surface area contributed by atoms with Crippen LogP contribution in [0, 0.1) is 17.0 Å². The van der Waals surface area contributed by atoms with E-state index in [9.17, 15) is 10.1 Å². The third kappa shape index (κ3) is 5.16. The third-order valence-electron chi connectivity index (χ3n) is 4.11. The molecule has 0 amide bonds. The van der Waals surface area contributed by atoms with Crippen LogP contribution in [0.25, 0.3) is 12.2 Å². The van der Waals surface area contributed by atoms with Crippen LogP contribution >= 0.6 is 0 Å². The van der Waals surface area contributed by atoms with Crippen LogP contribution in [0.1, 0.15) is 24.0 Å². The SMILES string of the molecule is CCOc1cc(/C=C/c2ccncn2)ccc1OCCn1c([N+](=O)[O-])cnc1C. The predicted molar refractivity (Wildman–Crippen MR) is 108 cm³/mol. The average molecular weight is 395 g/mol. The number of aromatic nitrogens is 4. The first-order valence-electron chi connectivity index (χ1n) is 9.08. The van der Waals surface area contributed by atoms with E-state index in [1.54, 1.807) is 13.1 Å². The van der Waals surface area contributed by atoms with Crippen molar-refractivity contribution < 1.29 is 14.4 Å². The zero-order valence-electron chi connectivity index (χ0n) is 16.2. The summed E-state index contributed by atoms with van der Waals surface area (Å²) in [7, 11) is 0. The van der Waals surface area contributed by atoms with E-state index < -0.39 is 4.92 Å². The van der Waals surface area contributed by atoms with Gasteiger partial charge in [-0.2, -0.15) is 0 Å². The molecular formula is C20H21N5O4. The van der Waals surface area contributed by atoms with Crippen LogP contribution in [0.3, 0.4) is 0 Å². The molecule has 0 unspecified atom stereocenters. The molecule has 0 bridgehead atoms. The molecule has 0 aliphatic heterocycles. The molecule has 3 rings (SSSR count). The molecule has 0 atom stereocenters. The maximum Gasteiger partial charge on any atom is 0.342 e. The molecule has 9 nitrogen and oxygen atoms in total. The summed E-state index contributed by atoms with van der Waals surface area (Å²) in [6.45, 7) is 4.65. The minimum absolute atomic E-state index is 0.0543. The monoisotopic (exact) mass is 395 g/mol. The molecule has 9 heteroatoms. The second-order valence-electron chi connectivity index (χ2n) is 6.03. The highest BCUT2D eigenvalue weighted by molar-refractivity contribution is 5.69. The molecule has 0 radical (unpaired) electrons. The molecule has 150 valence electrons. The van der Waals surface area contributed by atoms with Crippen LogP contribution in [-0.4, -0.2) is 37.7 Å². The fourth-order valence-corrected chi connectivity index (χ4v) is 2.72. The summed E-state index contributed by atoms with van der Waals surface area (Å²) in [5.41, 5.74) is 1.73. The number of aryl methyl sites for hydroxylation is 1. The second-order valence-corrected chi connectivity index (χ2v) is 6.03. The number of rotatable bonds is 9. The second kappa shape index (κ2) is 9.45. The molecule has 29 heavy (non-hydrogen) atoms. The highest BCUT2D eigenvalue weighted by atomic mass is 16.6. The summed E-state index contributed by atoms with van der Waals surface area (Å²) in [5, 5.41) is 11.1. The van der Waals surface area contributed by atoms with Gasteiger partial charge in [0.25, 0.3) is 0 Å². The number of benzene rings is 1. The van der Waals surface area contributed by atoms with Crippen molar-refractivity contribution in [3.05, 3.63) is 70.2 Å². The summed E-state index contributed by atoms with van der Waals surface area (Å²) >= 11 is 0. The van der Waals surface area contributed by atoms with E-state index in [4.69, 9.17) is 9.47 Å². The largest absolute Gasteiger partial charge is 0.490 e. The summed E-state index contributed by atoms with van der Waals surface area (Å²) in [5.74, 6) is 1.69. The van der Waals surface area contributed by atoms with E-state index in [1.807, 2.05) is 43.3 Å². The van der Waals surface area contributed by atoms with Gasteiger partial charge in [0.1, 0.15) is 25.7 Å². The fourth-order valence-electron chi connectivity index (χ4n) is 2.72. The standard InChI is InChI=1S/C20H21N5O4/c1-3-28-19-12-16(4-6-17-8-9-21-14-23-17)5-7-18(19)29-11-10-24-15(2)22-13-20(24)25(26)27/h4-9,12-14H,3,10-11H2,1-2H3/b6-4+. The van der Waals surface area contributed by atoms with Crippen molar-refractivity contribution in [2.45, 2.75) is 20.4 Å². The molecule has 2 aromatic heterocycles. The Morgan fingerprint density at radius 1 is 1.17 bits per heavy atom. The first kappa shape index (κ1) is 20.0. The zero-order chi connectivity index (χ0) is 20.6. The van der Waals surface area contributed by atoms with Crippen molar-refractivity contribution in [2.24, 2.45) is 0 Å². The maximum atomic E-state index is 11.1. The van der Waals surface area contributed by atoms with E-state index in [0.29, 0.717) is 30.5 Å². The third-order valence-corrected chi connectivity index (χ3v) is 4.11.